The zero-order valence-corrected chi connectivity index (χ0v) is 16.0. The molecule has 2 aromatic heterocycles. The van der Waals surface area contributed by atoms with Gasteiger partial charge in [-0.05, 0) is 31.7 Å². The van der Waals surface area contributed by atoms with E-state index in [-0.39, 0.29) is 12.0 Å². The summed E-state index contributed by atoms with van der Waals surface area (Å²) in [7, 11) is 1.87. The smallest absolute Gasteiger partial charge is 0.264 e. The minimum atomic E-state index is 0.0685. The molecule has 0 aromatic carbocycles. The Morgan fingerprint density at radius 3 is 3.04 bits per heavy atom. The molecule has 25 heavy (non-hydrogen) atoms. The van der Waals surface area contributed by atoms with E-state index < -0.39 is 0 Å². The van der Waals surface area contributed by atoms with E-state index in [0.717, 1.165) is 71.9 Å². The van der Waals surface area contributed by atoms with Crippen LogP contribution >= 0.6 is 11.3 Å². The van der Waals surface area contributed by atoms with E-state index in [4.69, 9.17) is 4.74 Å². The summed E-state index contributed by atoms with van der Waals surface area (Å²) in [4.78, 5) is 25.0. The van der Waals surface area contributed by atoms with Gasteiger partial charge in [0.05, 0.1) is 16.4 Å². The molecular weight excluding hydrogens is 336 g/mol. The fourth-order valence-electron chi connectivity index (χ4n) is 3.10. The van der Waals surface area contributed by atoms with Crippen LogP contribution in [0.4, 0.5) is 5.82 Å². The summed E-state index contributed by atoms with van der Waals surface area (Å²) in [6.07, 6.45) is 6.09. The lowest BCUT2D eigenvalue weighted by molar-refractivity contribution is 0.0797. The van der Waals surface area contributed by atoms with Gasteiger partial charge in [0.15, 0.2) is 0 Å². The van der Waals surface area contributed by atoms with Crippen molar-refractivity contribution < 1.29 is 9.53 Å². The maximum absolute atomic E-state index is 12.8. The van der Waals surface area contributed by atoms with Crippen molar-refractivity contribution in [3.63, 3.8) is 0 Å². The molecule has 0 unspecified atom stereocenters. The summed E-state index contributed by atoms with van der Waals surface area (Å²) < 4.78 is 5.67. The molecule has 6 nitrogen and oxygen atoms in total. The Morgan fingerprint density at radius 2 is 2.32 bits per heavy atom. The average Bonchev–Trinajstić information content (AvgIpc) is 3.25. The number of unbranched alkanes of at least 4 members (excludes halogenated alkanes) is 1. The molecule has 0 spiro atoms. The molecule has 3 rings (SSSR count). The maximum Gasteiger partial charge on any atom is 0.264 e. The van der Waals surface area contributed by atoms with Crippen molar-refractivity contribution in [2.45, 2.75) is 45.6 Å². The minimum Gasteiger partial charge on any atom is -0.376 e. The van der Waals surface area contributed by atoms with Crippen molar-refractivity contribution in [1.29, 1.82) is 0 Å². The van der Waals surface area contributed by atoms with Crippen molar-refractivity contribution in [3.05, 3.63) is 16.8 Å². The van der Waals surface area contributed by atoms with E-state index in [9.17, 15) is 4.79 Å². The van der Waals surface area contributed by atoms with Crippen LogP contribution in [0.5, 0.6) is 0 Å². The molecule has 7 heteroatoms. The molecule has 0 aliphatic carbocycles. The molecule has 3 heterocycles. The molecule has 0 saturated carbocycles. The largest absolute Gasteiger partial charge is 0.376 e. The van der Waals surface area contributed by atoms with Crippen molar-refractivity contribution in [2.75, 3.05) is 32.1 Å². The molecule has 0 bridgehead atoms. The third-order valence-corrected chi connectivity index (χ3v) is 5.82. The Hall–Kier alpha value is -1.73. The fourth-order valence-corrected chi connectivity index (χ4v) is 4.24. The van der Waals surface area contributed by atoms with Crippen molar-refractivity contribution in [1.82, 2.24) is 14.9 Å². The number of nitrogens with zero attached hydrogens (tertiary/aromatic N) is 3. The predicted octanol–water partition coefficient (Wildman–Crippen LogP) is 3.46. The predicted molar refractivity (Wildman–Crippen MR) is 101 cm³/mol. The van der Waals surface area contributed by atoms with Crippen LogP contribution in [0.15, 0.2) is 6.33 Å². The van der Waals surface area contributed by atoms with Gasteiger partial charge >= 0.3 is 0 Å². The lowest BCUT2D eigenvalue weighted by Gasteiger charge is -2.16. The minimum absolute atomic E-state index is 0.0685. The van der Waals surface area contributed by atoms with Gasteiger partial charge in [-0.25, -0.2) is 9.97 Å². The normalized spacial score (nSPS) is 17.2. The molecular formula is C18H26N4O2S. The summed E-state index contributed by atoms with van der Waals surface area (Å²) in [6.45, 7) is 6.47. The average molecular weight is 362 g/mol. The van der Waals surface area contributed by atoms with Crippen LogP contribution in [0.1, 0.15) is 47.8 Å². The highest BCUT2D eigenvalue weighted by molar-refractivity contribution is 7.20. The number of anilines is 1. The number of aromatic nitrogens is 2. The van der Waals surface area contributed by atoms with Crippen molar-refractivity contribution >= 4 is 33.3 Å². The number of carbonyl (C=O) groups excluding carboxylic acids is 1. The second kappa shape index (κ2) is 8.10. The Bertz CT molecular complexity index is 740. The van der Waals surface area contributed by atoms with E-state index >= 15 is 0 Å². The lowest BCUT2D eigenvalue weighted by atomic mass is 10.2. The first kappa shape index (κ1) is 18.1. The molecule has 1 saturated heterocycles. The van der Waals surface area contributed by atoms with Gasteiger partial charge in [-0.15, -0.1) is 11.3 Å². The monoisotopic (exact) mass is 362 g/mol. The Kier molecular flexibility index (Phi) is 5.86. The van der Waals surface area contributed by atoms with Crippen LogP contribution in [0, 0.1) is 6.92 Å². The molecule has 0 radical (unpaired) electrons. The standard InChI is InChI=1S/C18H26N4O2S/c1-4-5-8-22(3)18(23)15-12(2)14-16(20-11-21-17(14)25-15)19-10-13-7-6-9-24-13/h11,13H,4-10H2,1-3H3,(H,19,20,21)/t13-/m0/s1. The van der Waals surface area contributed by atoms with Gasteiger partial charge in [0.2, 0.25) is 0 Å². The van der Waals surface area contributed by atoms with Gasteiger partial charge in [0.25, 0.3) is 5.91 Å². The second-order valence-corrected chi connectivity index (χ2v) is 7.55. The van der Waals surface area contributed by atoms with Crippen LogP contribution in [0.25, 0.3) is 10.2 Å². The van der Waals surface area contributed by atoms with E-state index in [0.29, 0.717) is 0 Å². The molecule has 1 fully saturated rings. The number of carbonyl (C=O) groups is 1. The van der Waals surface area contributed by atoms with Crippen LogP contribution in [-0.4, -0.2) is 53.6 Å². The van der Waals surface area contributed by atoms with Crippen molar-refractivity contribution in [2.24, 2.45) is 0 Å². The third kappa shape index (κ3) is 3.93. The Morgan fingerprint density at radius 1 is 1.48 bits per heavy atom. The highest BCUT2D eigenvalue weighted by atomic mass is 32.1. The zero-order valence-electron chi connectivity index (χ0n) is 15.2. The van der Waals surface area contributed by atoms with Crippen LogP contribution in [0.3, 0.4) is 0 Å². The number of aryl methyl sites for hydroxylation is 1. The molecule has 1 amide bonds. The number of hydrogen-bond acceptors (Lipinski definition) is 6. The number of fused-ring (bicyclic) bond motifs is 1. The highest BCUT2D eigenvalue weighted by Crippen LogP contribution is 2.34. The first-order valence-electron chi connectivity index (χ1n) is 8.96. The van der Waals surface area contributed by atoms with Crippen LogP contribution < -0.4 is 5.32 Å². The molecule has 1 aliphatic rings. The molecule has 1 atom stereocenters. The highest BCUT2D eigenvalue weighted by Gasteiger charge is 2.22. The fraction of sp³-hybridized carbons (Fsp3) is 0.611. The molecule has 2 aromatic rings. The number of hydrogen-bond donors (Lipinski definition) is 1. The zero-order chi connectivity index (χ0) is 17.8. The van der Waals surface area contributed by atoms with E-state index in [1.54, 1.807) is 11.2 Å². The van der Waals surface area contributed by atoms with E-state index in [1.807, 2.05) is 14.0 Å². The van der Waals surface area contributed by atoms with Gasteiger partial charge in [0, 0.05) is 26.7 Å². The first-order chi connectivity index (χ1) is 12.1. The topological polar surface area (TPSA) is 67.4 Å². The number of amides is 1. The van der Waals surface area contributed by atoms with Crippen molar-refractivity contribution in [3.8, 4) is 0 Å². The number of rotatable bonds is 7. The van der Waals surface area contributed by atoms with Gasteiger partial charge in [-0.3, -0.25) is 4.79 Å². The van der Waals surface area contributed by atoms with Gasteiger partial charge in [0.1, 0.15) is 17.0 Å². The van der Waals surface area contributed by atoms with Gasteiger partial charge in [-0.2, -0.15) is 0 Å². The van der Waals surface area contributed by atoms with Gasteiger partial charge < -0.3 is 15.0 Å². The summed E-state index contributed by atoms with van der Waals surface area (Å²) >= 11 is 1.45. The lowest BCUT2D eigenvalue weighted by Crippen LogP contribution is -2.27. The second-order valence-electron chi connectivity index (χ2n) is 6.55. The number of nitrogens with one attached hydrogen (secondary N) is 1. The SMILES string of the molecule is CCCCN(C)C(=O)c1sc2ncnc(NC[C@@H]3CCCO3)c2c1C. The molecule has 1 aliphatic heterocycles. The van der Waals surface area contributed by atoms with Gasteiger partial charge in [-0.1, -0.05) is 13.3 Å². The van der Waals surface area contributed by atoms with E-state index in [1.165, 1.54) is 11.3 Å². The summed E-state index contributed by atoms with van der Waals surface area (Å²) in [5.41, 5.74) is 0.962. The van der Waals surface area contributed by atoms with Crippen LogP contribution in [-0.2, 0) is 4.74 Å². The maximum atomic E-state index is 12.8. The molecule has 136 valence electrons. The van der Waals surface area contributed by atoms with Crippen LogP contribution in [0.2, 0.25) is 0 Å². The number of ether oxygens (including phenoxy) is 1. The number of thiophene rings is 1. The third-order valence-electron chi connectivity index (χ3n) is 4.64. The van der Waals surface area contributed by atoms with E-state index in [2.05, 4.69) is 22.2 Å². The quantitative estimate of drug-likeness (QED) is 0.817. The first-order valence-corrected chi connectivity index (χ1v) is 9.78. The molecule has 1 N–H and O–H groups in total. The summed E-state index contributed by atoms with van der Waals surface area (Å²) in [5.74, 6) is 0.864. The summed E-state index contributed by atoms with van der Waals surface area (Å²) in [6, 6.07) is 0. The Labute approximate surface area is 152 Å². The Balaban J connectivity index is 1.83. The summed E-state index contributed by atoms with van der Waals surface area (Å²) in [5, 5.41) is 4.35.